The monoisotopic (exact) mass is 299 g/mol. The summed E-state index contributed by atoms with van der Waals surface area (Å²) in [7, 11) is 0. The van der Waals surface area contributed by atoms with E-state index in [2.05, 4.69) is 52.8 Å². The Hall–Kier alpha value is -0.530. The summed E-state index contributed by atoms with van der Waals surface area (Å²) >= 11 is 2.29. The number of rotatable bonds is 4. The lowest BCUT2D eigenvalue weighted by Gasteiger charge is -2.10. The Bertz CT molecular complexity index is 310. The Kier molecular flexibility index (Phi) is 4.99. The molecule has 1 nitrogen and oxygen atoms in total. The van der Waals surface area contributed by atoms with E-state index in [4.69, 9.17) is 12.2 Å². The van der Waals surface area contributed by atoms with Crippen molar-refractivity contribution in [1.29, 1.82) is 0 Å². The normalized spacial score (nSPS) is 12.1. The van der Waals surface area contributed by atoms with E-state index in [1.807, 2.05) is 0 Å². The van der Waals surface area contributed by atoms with E-state index in [0.29, 0.717) is 0 Å². The maximum atomic E-state index is 6.01. The van der Waals surface area contributed by atoms with Gasteiger partial charge in [-0.3, -0.25) is 0 Å². The van der Waals surface area contributed by atoms with Gasteiger partial charge >= 0.3 is 0 Å². The van der Waals surface area contributed by atoms with Crippen LogP contribution in [0.5, 0.6) is 0 Å². The molecule has 1 aromatic rings. The largest absolute Gasteiger partial charge is 0.324 e. The lowest BCUT2D eigenvalue weighted by Crippen LogP contribution is -2.09. The highest BCUT2D eigenvalue weighted by Gasteiger charge is 2.04. The van der Waals surface area contributed by atoms with Gasteiger partial charge in [-0.1, -0.05) is 12.1 Å². The van der Waals surface area contributed by atoms with Gasteiger partial charge < -0.3 is 5.73 Å². The van der Waals surface area contributed by atoms with Gasteiger partial charge in [-0.15, -0.1) is 12.3 Å². The number of hydrogen-bond donors (Lipinski definition) is 1. The van der Waals surface area contributed by atoms with Crippen LogP contribution in [0.3, 0.4) is 0 Å². The molecule has 2 N–H and O–H groups in total. The highest BCUT2D eigenvalue weighted by Crippen LogP contribution is 2.17. The maximum Gasteiger partial charge on any atom is 0.0295 e. The van der Waals surface area contributed by atoms with Crippen molar-refractivity contribution in [3.05, 3.63) is 33.4 Å². The number of nitrogens with two attached hydrogens (primary N) is 1. The van der Waals surface area contributed by atoms with E-state index in [-0.39, 0.29) is 6.04 Å². The topological polar surface area (TPSA) is 26.0 Å². The van der Waals surface area contributed by atoms with Gasteiger partial charge in [0.2, 0.25) is 0 Å². The average molecular weight is 299 g/mol. The van der Waals surface area contributed by atoms with Gasteiger partial charge in [0.05, 0.1) is 0 Å². The summed E-state index contributed by atoms with van der Waals surface area (Å²) in [6.45, 7) is 0. The number of halogens is 1. The molecule has 2 heteroatoms. The van der Waals surface area contributed by atoms with Crippen LogP contribution in [0.1, 0.15) is 30.9 Å². The van der Waals surface area contributed by atoms with Crippen molar-refractivity contribution in [2.24, 2.45) is 5.73 Å². The molecule has 0 spiro atoms. The van der Waals surface area contributed by atoms with Crippen molar-refractivity contribution in [3.63, 3.8) is 0 Å². The zero-order valence-electron chi connectivity index (χ0n) is 8.04. The number of unbranched alkanes of at least 4 members (excludes halogenated alkanes) is 1. The third-order valence-corrected chi connectivity index (χ3v) is 2.85. The average Bonchev–Trinajstić information content (AvgIpc) is 2.19. The molecule has 1 rings (SSSR count). The number of benzene rings is 1. The molecule has 0 aliphatic carbocycles. The predicted octanol–water partition coefficient (Wildman–Crippen LogP) is 3.09. The first-order chi connectivity index (χ1) is 6.74. The van der Waals surface area contributed by atoms with E-state index >= 15 is 0 Å². The van der Waals surface area contributed by atoms with E-state index < -0.39 is 0 Å². The van der Waals surface area contributed by atoms with Crippen molar-refractivity contribution >= 4 is 22.6 Å². The Labute approximate surface area is 99.2 Å². The molecular weight excluding hydrogens is 285 g/mol. The van der Waals surface area contributed by atoms with Gasteiger partial charge in [-0.2, -0.15) is 0 Å². The van der Waals surface area contributed by atoms with Gasteiger partial charge in [-0.05, 0) is 53.1 Å². The maximum absolute atomic E-state index is 6.01. The molecule has 0 heterocycles. The van der Waals surface area contributed by atoms with Crippen molar-refractivity contribution in [2.45, 2.75) is 25.3 Å². The van der Waals surface area contributed by atoms with Crippen LogP contribution in [0, 0.1) is 15.9 Å². The Balaban J connectivity index is 2.48. The summed E-state index contributed by atoms with van der Waals surface area (Å²) in [6.07, 6.45) is 7.97. The fourth-order valence-electron chi connectivity index (χ4n) is 1.30. The Morgan fingerprint density at radius 2 is 2.00 bits per heavy atom. The fraction of sp³-hybridized carbons (Fsp3) is 0.333. The number of hydrogen-bond acceptors (Lipinski definition) is 1. The summed E-state index contributed by atoms with van der Waals surface area (Å²) in [5, 5.41) is 0. The van der Waals surface area contributed by atoms with Crippen LogP contribution in [0.25, 0.3) is 0 Å². The third kappa shape index (κ3) is 3.69. The molecule has 0 aromatic heterocycles. The quantitative estimate of drug-likeness (QED) is 0.516. The van der Waals surface area contributed by atoms with Crippen LogP contribution in [-0.2, 0) is 0 Å². The summed E-state index contributed by atoms with van der Waals surface area (Å²) in [5.74, 6) is 2.63. The first-order valence-corrected chi connectivity index (χ1v) is 5.76. The second kappa shape index (κ2) is 6.05. The molecule has 0 bridgehead atoms. The van der Waals surface area contributed by atoms with Crippen LogP contribution >= 0.6 is 22.6 Å². The second-order valence-corrected chi connectivity index (χ2v) is 4.50. The molecule has 0 radical (unpaired) electrons. The molecule has 0 aliphatic rings. The molecule has 0 saturated heterocycles. The standard InChI is InChI=1S/C12H14IN/c1-2-3-4-5-12(14)10-6-8-11(13)9-7-10/h1,6-9,12H,3-5,14H2. The Morgan fingerprint density at radius 1 is 1.36 bits per heavy atom. The van der Waals surface area contributed by atoms with Crippen LogP contribution < -0.4 is 5.73 Å². The van der Waals surface area contributed by atoms with Gasteiger partial charge in [0, 0.05) is 16.0 Å². The first kappa shape index (κ1) is 11.5. The van der Waals surface area contributed by atoms with Crippen molar-refractivity contribution in [2.75, 3.05) is 0 Å². The molecule has 0 fully saturated rings. The summed E-state index contributed by atoms with van der Waals surface area (Å²) < 4.78 is 1.24. The lowest BCUT2D eigenvalue weighted by molar-refractivity contribution is 0.621. The minimum atomic E-state index is 0.125. The van der Waals surface area contributed by atoms with Crippen LogP contribution in [0.2, 0.25) is 0 Å². The fourth-order valence-corrected chi connectivity index (χ4v) is 1.66. The SMILES string of the molecule is C#CCCCC(N)c1ccc(I)cc1. The summed E-state index contributed by atoms with van der Waals surface area (Å²) in [6, 6.07) is 8.46. The predicted molar refractivity (Wildman–Crippen MR) is 68.8 cm³/mol. The first-order valence-electron chi connectivity index (χ1n) is 4.68. The zero-order valence-corrected chi connectivity index (χ0v) is 10.2. The second-order valence-electron chi connectivity index (χ2n) is 3.25. The molecule has 0 saturated carbocycles. The third-order valence-electron chi connectivity index (χ3n) is 2.13. The van der Waals surface area contributed by atoms with Gasteiger partial charge in [0.25, 0.3) is 0 Å². The smallest absolute Gasteiger partial charge is 0.0295 e. The van der Waals surface area contributed by atoms with Crippen LogP contribution in [0.15, 0.2) is 24.3 Å². The lowest BCUT2D eigenvalue weighted by atomic mass is 10.0. The Morgan fingerprint density at radius 3 is 2.57 bits per heavy atom. The zero-order chi connectivity index (χ0) is 10.4. The minimum Gasteiger partial charge on any atom is -0.324 e. The number of terminal acetylenes is 1. The molecule has 0 aliphatic heterocycles. The molecule has 1 unspecified atom stereocenters. The molecule has 74 valence electrons. The van der Waals surface area contributed by atoms with Gasteiger partial charge in [0.1, 0.15) is 0 Å². The highest BCUT2D eigenvalue weighted by molar-refractivity contribution is 14.1. The van der Waals surface area contributed by atoms with E-state index in [1.54, 1.807) is 0 Å². The van der Waals surface area contributed by atoms with Gasteiger partial charge in [0.15, 0.2) is 0 Å². The van der Waals surface area contributed by atoms with Crippen molar-refractivity contribution in [3.8, 4) is 12.3 Å². The minimum absolute atomic E-state index is 0.125. The van der Waals surface area contributed by atoms with Gasteiger partial charge in [-0.25, -0.2) is 0 Å². The molecule has 1 atom stereocenters. The van der Waals surface area contributed by atoms with Crippen molar-refractivity contribution in [1.82, 2.24) is 0 Å². The molecular formula is C12H14IN. The molecule has 1 aromatic carbocycles. The van der Waals surface area contributed by atoms with Crippen LogP contribution in [0.4, 0.5) is 0 Å². The van der Waals surface area contributed by atoms with E-state index in [0.717, 1.165) is 19.3 Å². The van der Waals surface area contributed by atoms with Crippen molar-refractivity contribution < 1.29 is 0 Å². The van der Waals surface area contributed by atoms with E-state index in [9.17, 15) is 0 Å². The summed E-state index contributed by atoms with van der Waals surface area (Å²) in [4.78, 5) is 0. The molecule has 14 heavy (non-hydrogen) atoms. The van der Waals surface area contributed by atoms with E-state index in [1.165, 1.54) is 9.13 Å². The summed E-state index contributed by atoms with van der Waals surface area (Å²) in [5.41, 5.74) is 7.21. The molecule has 0 amide bonds. The highest BCUT2D eigenvalue weighted by atomic mass is 127. The van der Waals surface area contributed by atoms with Crippen LogP contribution in [-0.4, -0.2) is 0 Å².